The van der Waals surface area contributed by atoms with E-state index in [9.17, 15) is 4.79 Å². The molecule has 3 saturated heterocycles. The first-order valence-corrected chi connectivity index (χ1v) is 11.0. The van der Waals surface area contributed by atoms with Crippen LogP contribution in [0.4, 0.5) is 5.69 Å². The summed E-state index contributed by atoms with van der Waals surface area (Å²) >= 11 is 0. The number of aromatic nitrogens is 3. The molecule has 31 heavy (non-hydrogen) atoms. The summed E-state index contributed by atoms with van der Waals surface area (Å²) in [6.07, 6.45) is 4.15. The maximum atomic E-state index is 12.8. The zero-order chi connectivity index (χ0) is 21.0. The monoisotopic (exact) mass is 418 g/mol. The lowest BCUT2D eigenvalue weighted by molar-refractivity contribution is -0.945. The highest BCUT2D eigenvalue weighted by Crippen LogP contribution is 2.28. The summed E-state index contributed by atoms with van der Waals surface area (Å²) in [5.41, 5.74) is 1.71. The van der Waals surface area contributed by atoms with Gasteiger partial charge in [-0.25, -0.2) is 4.68 Å². The van der Waals surface area contributed by atoms with E-state index >= 15 is 0 Å². The van der Waals surface area contributed by atoms with Crippen molar-refractivity contribution in [2.24, 2.45) is 11.8 Å². The third-order valence-electron chi connectivity index (χ3n) is 6.55. The van der Waals surface area contributed by atoms with Crippen molar-refractivity contribution in [2.75, 3.05) is 18.4 Å². The molecule has 4 atom stereocenters. The molecule has 7 nitrogen and oxygen atoms in total. The standard InChI is InChI=1S/C24H27N5O2/c30-24(25-19-7-3-1-4-8-19)23-16-28-12-11-18(23)13-21(28)15-29-14-20(26-27-29)17-31-22-9-5-2-6-10-22/h1-10,14,18,21,23H,11-13,15-17H2,(H,25,30)/p+1/t18-,21+,23-/m0/s1. The van der Waals surface area contributed by atoms with Crippen LogP contribution in [0.2, 0.25) is 0 Å². The van der Waals surface area contributed by atoms with Crippen molar-refractivity contribution < 1.29 is 14.4 Å². The van der Waals surface area contributed by atoms with E-state index in [0.29, 0.717) is 18.6 Å². The van der Waals surface area contributed by atoms with Gasteiger partial charge in [-0.2, -0.15) is 0 Å². The summed E-state index contributed by atoms with van der Waals surface area (Å²) in [6, 6.07) is 20.0. The lowest BCUT2D eigenvalue weighted by Gasteiger charge is -2.46. The minimum atomic E-state index is 0.0887. The smallest absolute Gasteiger partial charge is 0.233 e. The fourth-order valence-electron chi connectivity index (χ4n) is 4.97. The molecule has 7 heteroatoms. The van der Waals surface area contributed by atoms with Gasteiger partial charge in [0.05, 0.1) is 31.7 Å². The number of nitrogens with one attached hydrogen (secondary N) is 2. The van der Waals surface area contributed by atoms with Gasteiger partial charge in [0.15, 0.2) is 0 Å². The molecule has 0 saturated carbocycles. The number of ether oxygens (including phenoxy) is 1. The van der Waals surface area contributed by atoms with Gasteiger partial charge in [0.25, 0.3) is 0 Å². The van der Waals surface area contributed by atoms with Crippen LogP contribution < -0.4 is 15.0 Å². The number of para-hydroxylation sites is 2. The van der Waals surface area contributed by atoms with Crippen LogP contribution in [0.3, 0.4) is 0 Å². The van der Waals surface area contributed by atoms with E-state index in [-0.39, 0.29) is 11.8 Å². The first-order valence-electron chi connectivity index (χ1n) is 11.0. The lowest BCUT2D eigenvalue weighted by atomic mass is 9.75. The van der Waals surface area contributed by atoms with E-state index in [2.05, 4.69) is 15.6 Å². The summed E-state index contributed by atoms with van der Waals surface area (Å²) < 4.78 is 7.70. The van der Waals surface area contributed by atoms with Crippen LogP contribution in [0, 0.1) is 11.8 Å². The van der Waals surface area contributed by atoms with Gasteiger partial charge in [-0.1, -0.05) is 41.6 Å². The minimum Gasteiger partial charge on any atom is -0.487 e. The maximum Gasteiger partial charge on any atom is 0.233 e. The van der Waals surface area contributed by atoms with E-state index in [4.69, 9.17) is 4.74 Å². The van der Waals surface area contributed by atoms with Gasteiger partial charge in [-0.3, -0.25) is 4.79 Å². The number of carbonyl (C=O) groups excluding carboxylic acids is 1. The van der Waals surface area contributed by atoms with E-state index in [1.165, 1.54) is 4.90 Å². The summed E-state index contributed by atoms with van der Waals surface area (Å²) in [5, 5.41) is 11.7. The van der Waals surface area contributed by atoms with E-state index in [1.54, 1.807) is 0 Å². The Labute approximate surface area is 182 Å². The van der Waals surface area contributed by atoms with Gasteiger partial charge in [-0.15, -0.1) is 5.10 Å². The summed E-state index contributed by atoms with van der Waals surface area (Å²) in [7, 11) is 0. The normalized spacial score (nSPS) is 24.6. The number of carbonyl (C=O) groups is 1. The van der Waals surface area contributed by atoms with Crippen molar-refractivity contribution in [3.63, 3.8) is 0 Å². The molecule has 0 radical (unpaired) electrons. The van der Waals surface area contributed by atoms with Crippen molar-refractivity contribution in [3.05, 3.63) is 72.6 Å². The number of hydrogen-bond donors (Lipinski definition) is 2. The molecule has 1 unspecified atom stereocenters. The predicted octanol–water partition coefficient (Wildman–Crippen LogP) is 1.79. The second kappa shape index (κ2) is 8.89. The van der Waals surface area contributed by atoms with E-state index in [0.717, 1.165) is 49.6 Å². The third kappa shape index (κ3) is 4.61. The van der Waals surface area contributed by atoms with Gasteiger partial charge in [0, 0.05) is 18.5 Å². The van der Waals surface area contributed by atoms with Crippen LogP contribution in [-0.2, 0) is 17.9 Å². The number of nitrogens with zero attached hydrogens (tertiary/aromatic N) is 3. The number of fused-ring (bicyclic) bond motifs is 3. The average Bonchev–Trinajstić information content (AvgIpc) is 3.27. The van der Waals surface area contributed by atoms with Gasteiger partial charge in [-0.05, 0) is 30.2 Å². The summed E-state index contributed by atoms with van der Waals surface area (Å²) in [4.78, 5) is 14.4. The first kappa shape index (κ1) is 19.8. The lowest BCUT2D eigenvalue weighted by Crippen LogP contribution is -3.20. The number of amides is 1. The zero-order valence-corrected chi connectivity index (χ0v) is 17.5. The molecule has 1 aromatic heterocycles. The molecule has 3 fully saturated rings. The Balaban J connectivity index is 1.15. The van der Waals surface area contributed by atoms with Gasteiger partial charge in [0.2, 0.25) is 5.91 Å². The Kier molecular flexibility index (Phi) is 5.67. The zero-order valence-electron chi connectivity index (χ0n) is 17.5. The molecule has 3 aliphatic rings. The van der Waals surface area contributed by atoms with Crippen LogP contribution >= 0.6 is 0 Å². The Morgan fingerprint density at radius 1 is 1.13 bits per heavy atom. The highest BCUT2D eigenvalue weighted by Gasteiger charge is 2.46. The SMILES string of the molecule is O=C(Nc1ccccc1)[C@H]1C[NH+]2CC[C@H]1C[C@@H]2Cn1cc(COc2ccccc2)nn1. The fourth-order valence-corrected chi connectivity index (χ4v) is 4.97. The van der Waals surface area contributed by atoms with Crippen LogP contribution in [-0.4, -0.2) is 40.0 Å². The van der Waals surface area contributed by atoms with Crippen LogP contribution in [0.5, 0.6) is 5.75 Å². The number of rotatable bonds is 7. The van der Waals surface area contributed by atoms with E-state index < -0.39 is 0 Å². The number of piperidine rings is 3. The Bertz CT molecular complexity index is 1010. The number of quaternary nitrogens is 1. The topological polar surface area (TPSA) is 73.5 Å². The maximum absolute atomic E-state index is 12.8. The Morgan fingerprint density at radius 2 is 1.90 bits per heavy atom. The molecule has 6 rings (SSSR count). The summed E-state index contributed by atoms with van der Waals surface area (Å²) in [5.74, 6) is 1.52. The van der Waals surface area contributed by atoms with Crippen molar-refractivity contribution in [2.45, 2.75) is 32.0 Å². The van der Waals surface area contributed by atoms with Crippen molar-refractivity contribution in [3.8, 4) is 5.75 Å². The van der Waals surface area contributed by atoms with Crippen molar-refractivity contribution in [1.82, 2.24) is 15.0 Å². The molecule has 2 aromatic carbocycles. The molecular weight excluding hydrogens is 390 g/mol. The third-order valence-corrected chi connectivity index (χ3v) is 6.55. The molecule has 0 aliphatic carbocycles. The van der Waals surface area contributed by atoms with Crippen molar-refractivity contribution >= 4 is 11.6 Å². The first-order chi connectivity index (χ1) is 15.2. The highest BCUT2D eigenvalue weighted by molar-refractivity contribution is 5.92. The molecular formula is C24H28N5O2+. The van der Waals surface area contributed by atoms with Crippen LogP contribution in [0.1, 0.15) is 18.5 Å². The number of anilines is 1. The Hall–Kier alpha value is -3.19. The largest absolute Gasteiger partial charge is 0.487 e. The number of hydrogen-bond acceptors (Lipinski definition) is 4. The quantitative estimate of drug-likeness (QED) is 0.614. The molecule has 160 valence electrons. The predicted molar refractivity (Wildman–Crippen MR) is 117 cm³/mol. The van der Waals surface area contributed by atoms with Gasteiger partial charge in [0.1, 0.15) is 24.1 Å². The Morgan fingerprint density at radius 3 is 2.65 bits per heavy atom. The average molecular weight is 419 g/mol. The minimum absolute atomic E-state index is 0.0887. The second-order valence-electron chi connectivity index (χ2n) is 8.59. The van der Waals surface area contributed by atoms with Crippen LogP contribution in [0.25, 0.3) is 0 Å². The molecule has 2 N–H and O–H groups in total. The molecule has 3 aromatic rings. The van der Waals surface area contributed by atoms with Crippen LogP contribution in [0.15, 0.2) is 66.9 Å². The number of benzene rings is 2. The van der Waals surface area contributed by atoms with Gasteiger partial charge >= 0.3 is 0 Å². The highest BCUT2D eigenvalue weighted by atomic mass is 16.5. The molecule has 2 bridgehead atoms. The molecule has 4 heterocycles. The summed E-state index contributed by atoms with van der Waals surface area (Å²) in [6.45, 7) is 3.27. The van der Waals surface area contributed by atoms with Gasteiger partial charge < -0.3 is 15.0 Å². The van der Waals surface area contributed by atoms with Crippen molar-refractivity contribution in [1.29, 1.82) is 0 Å². The molecule has 3 aliphatic heterocycles. The van der Waals surface area contributed by atoms with E-state index in [1.807, 2.05) is 71.5 Å². The fraction of sp³-hybridized carbons (Fsp3) is 0.375. The molecule has 1 amide bonds. The molecule has 0 spiro atoms. The second-order valence-corrected chi connectivity index (χ2v) is 8.59.